The van der Waals surface area contributed by atoms with E-state index in [1.54, 1.807) is 6.07 Å². The Labute approximate surface area is 100.0 Å². The van der Waals surface area contributed by atoms with E-state index in [1.807, 2.05) is 0 Å². The molecule has 17 heavy (non-hydrogen) atoms. The van der Waals surface area contributed by atoms with Crippen LogP contribution in [0.2, 0.25) is 0 Å². The molecule has 1 aromatic carbocycles. The third-order valence-electron chi connectivity index (χ3n) is 3.08. The summed E-state index contributed by atoms with van der Waals surface area (Å²) in [4.78, 5) is 12.0. The number of benzene rings is 1. The van der Waals surface area contributed by atoms with Gasteiger partial charge in [-0.05, 0) is 31.5 Å². The van der Waals surface area contributed by atoms with Gasteiger partial charge in [0.15, 0.2) is 17.3 Å². The van der Waals surface area contributed by atoms with Gasteiger partial charge in [-0.3, -0.25) is 4.79 Å². The molecule has 1 fully saturated rings. The van der Waals surface area contributed by atoms with Crippen LogP contribution in [0.3, 0.4) is 0 Å². The zero-order chi connectivity index (χ0) is 12.3. The number of hydrogen-bond acceptors (Lipinski definition) is 3. The van der Waals surface area contributed by atoms with Crippen LogP contribution in [0.15, 0.2) is 18.2 Å². The minimum atomic E-state index is -0.557. The lowest BCUT2D eigenvalue weighted by Crippen LogP contribution is -2.24. The average Bonchev–Trinajstić information content (AvgIpc) is 2.82. The van der Waals surface area contributed by atoms with Crippen LogP contribution in [0, 0.1) is 5.82 Å². The van der Waals surface area contributed by atoms with Crippen LogP contribution in [-0.4, -0.2) is 25.5 Å². The first-order valence-electron chi connectivity index (χ1n) is 5.81. The highest BCUT2D eigenvalue weighted by atomic mass is 19.1. The summed E-state index contributed by atoms with van der Waals surface area (Å²) in [7, 11) is 1.39. The van der Waals surface area contributed by atoms with Gasteiger partial charge < -0.3 is 10.1 Å². The van der Waals surface area contributed by atoms with Gasteiger partial charge in [-0.1, -0.05) is 6.07 Å². The molecule has 1 aliphatic heterocycles. The number of hydrogen-bond donors (Lipinski definition) is 1. The molecule has 1 N–H and O–H groups in total. The number of nitrogens with one attached hydrogen (secondary N) is 1. The van der Waals surface area contributed by atoms with Crippen molar-refractivity contribution in [1.82, 2.24) is 5.32 Å². The van der Waals surface area contributed by atoms with Crippen molar-refractivity contribution < 1.29 is 13.9 Å². The molecule has 4 heteroatoms. The summed E-state index contributed by atoms with van der Waals surface area (Å²) in [6, 6.07) is 4.85. The molecule has 0 amide bonds. The van der Waals surface area contributed by atoms with Crippen LogP contribution in [-0.2, 0) is 0 Å². The van der Waals surface area contributed by atoms with E-state index in [2.05, 4.69) is 5.32 Å². The highest BCUT2D eigenvalue weighted by molar-refractivity contribution is 5.97. The van der Waals surface area contributed by atoms with Crippen molar-refractivity contribution in [3.05, 3.63) is 29.6 Å². The van der Waals surface area contributed by atoms with Crippen molar-refractivity contribution in [1.29, 1.82) is 0 Å². The van der Waals surface area contributed by atoms with E-state index in [4.69, 9.17) is 4.74 Å². The summed E-state index contributed by atoms with van der Waals surface area (Å²) >= 11 is 0. The van der Waals surface area contributed by atoms with Crippen LogP contribution >= 0.6 is 0 Å². The molecule has 0 saturated carbocycles. The predicted molar refractivity (Wildman–Crippen MR) is 62.9 cm³/mol. The van der Waals surface area contributed by atoms with Crippen molar-refractivity contribution in [3.8, 4) is 5.75 Å². The van der Waals surface area contributed by atoms with Crippen molar-refractivity contribution in [2.45, 2.75) is 25.3 Å². The third-order valence-corrected chi connectivity index (χ3v) is 3.08. The maximum atomic E-state index is 13.8. The van der Waals surface area contributed by atoms with Crippen molar-refractivity contribution in [2.75, 3.05) is 13.7 Å². The van der Waals surface area contributed by atoms with Crippen LogP contribution in [0.1, 0.15) is 29.6 Å². The Bertz CT molecular complexity index is 414. The second-order valence-electron chi connectivity index (χ2n) is 4.24. The molecule has 1 unspecified atom stereocenters. The zero-order valence-electron chi connectivity index (χ0n) is 9.83. The quantitative estimate of drug-likeness (QED) is 0.815. The maximum absolute atomic E-state index is 13.8. The number of halogens is 1. The number of Topliss-reactive ketones (excluding diaryl/α,β-unsaturated/α-hetero) is 1. The zero-order valence-corrected chi connectivity index (χ0v) is 9.83. The smallest absolute Gasteiger partial charge is 0.175 e. The largest absolute Gasteiger partial charge is 0.494 e. The van der Waals surface area contributed by atoms with Gasteiger partial charge in [0.1, 0.15) is 0 Å². The van der Waals surface area contributed by atoms with Crippen LogP contribution in [0.25, 0.3) is 0 Å². The topological polar surface area (TPSA) is 38.3 Å². The first kappa shape index (κ1) is 12.0. The van der Waals surface area contributed by atoms with Crippen molar-refractivity contribution in [3.63, 3.8) is 0 Å². The van der Waals surface area contributed by atoms with Crippen molar-refractivity contribution in [2.24, 2.45) is 0 Å². The van der Waals surface area contributed by atoms with E-state index in [0.717, 1.165) is 19.4 Å². The molecule has 1 saturated heterocycles. The van der Waals surface area contributed by atoms with E-state index >= 15 is 0 Å². The van der Waals surface area contributed by atoms with Gasteiger partial charge in [0.25, 0.3) is 0 Å². The van der Waals surface area contributed by atoms with E-state index in [1.165, 1.54) is 19.2 Å². The Morgan fingerprint density at radius 1 is 1.59 bits per heavy atom. The second kappa shape index (κ2) is 5.27. The normalized spacial score (nSPS) is 19.3. The number of ether oxygens (including phenoxy) is 1. The fraction of sp³-hybridized carbons (Fsp3) is 0.462. The van der Waals surface area contributed by atoms with Crippen LogP contribution in [0.5, 0.6) is 5.75 Å². The summed E-state index contributed by atoms with van der Waals surface area (Å²) in [5.41, 5.74) is 0.123. The van der Waals surface area contributed by atoms with E-state index in [0.29, 0.717) is 6.42 Å². The number of carbonyl (C=O) groups excluding carboxylic acids is 1. The average molecular weight is 237 g/mol. The fourth-order valence-corrected chi connectivity index (χ4v) is 2.15. The van der Waals surface area contributed by atoms with Gasteiger partial charge >= 0.3 is 0 Å². The first-order valence-corrected chi connectivity index (χ1v) is 5.81. The highest BCUT2D eigenvalue weighted by Gasteiger charge is 2.21. The molecule has 1 aliphatic rings. The molecule has 0 aliphatic carbocycles. The second-order valence-corrected chi connectivity index (χ2v) is 4.24. The van der Waals surface area contributed by atoms with E-state index in [9.17, 15) is 9.18 Å². The lowest BCUT2D eigenvalue weighted by Gasteiger charge is -2.10. The lowest BCUT2D eigenvalue weighted by molar-refractivity contribution is 0.0967. The van der Waals surface area contributed by atoms with Gasteiger partial charge in [-0.15, -0.1) is 0 Å². The highest BCUT2D eigenvalue weighted by Crippen LogP contribution is 2.22. The Morgan fingerprint density at radius 2 is 2.41 bits per heavy atom. The minimum Gasteiger partial charge on any atom is -0.494 e. The molecular formula is C13H16FNO2. The third kappa shape index (κ3) is 2.64. The van der Waals surface area contributed by atoms with Gasteiger partial charge in [0, 0.05) is 12.5 Å². The minimum absolute atomic E-state index is 0.121. The molecule has 3 nitrogen and oxygen atoms in total. The Kier molecular flexibility index (Phi) is 3.74. The summed E-state index contributed by atoms with van der Waals surface area (Å²) in [6.07, 6.45) is 2.42. The molecule has 92 valence electrons. The van der Waals surface area contributed by atoms with Gasteiger partial charge in [-0.25, -0.2) is 4.39 Å². The standard InChI is InChI=1S/C13H16FNO2/c1-17-12-6-2-5-10(13(12)14)11(16)8-9-4-3-7-15-9/h2,5-6,9,15H,3-4,7-8H2,1H3. The van der Waals surface area contributed by atoms with Crippen LogP contribution in [0.4, 0.5) is 4.39 Å². The summed E-state index contributed by atoms with van der Waals surface area (Å²) in [5, 5.41) is 3.23. The molecule has 1 heterocycles. The van der Waals surface area contributed by atoms with Crippen molar-refractivity contribution >= 4 is 5.78 Å². The summed E-state index contributed by atoms with van der Waals surface area (Å²) in [6.45, 7) is 0.943. The number of ketones is 1. The monoisotopic (exact) mass is 237 g/mol. The Balaban J connectivity index is 2.12. The molecule has 2 rings (SSSR count). The SMILES string of the molecule is COc1cccc(C(=O)CC2CCCN2)c1F. The number of rotatable bonds is 4. The Hall–Kier alpha value is -1.42. The fourth-order valence-electron chi connectivity index (χ4n) is 2.15. The Morgan fingerprint density at radius 3 is 3.06 bits per heavy atom. The molecule has 0 bridgehead atoms. The predicted octanol–water partition coefficient (Wildman–Crippen LogP) is 2.16. The molecule has 0 radical (unpaired) electrons. The van der Waals surface area contributed by atoms with E-state index in [-0.39, 0.29) is 23.1 Å². The van der Waals surface area contributed by atoms with Gasteiger partial charge in [-0.2, -0.15) is 0 Å². The molecule has 0 spiro atoms. The number of carbonyl (C=O) groups is 1. The molecule has 0 aromatic heterocycles. The van der Waals surface area contributed by atoms with Gasteiger partial charge in [0.2, 0.25) is 0 Å². The summed E-state index contributed by atoms with van der Waals surface area (Å²) < 4.78 is 18.7. The molecular weight excluding hydrogens is 221 g/mol. The molecule has 1 atom stereocenters. The first-order chi connectivity index (χ1) is 8.22. The number of methoxy groups -OCH3 is 1. The molecule has 1 aromatic rings. The van der Waals surface area contributed by atoms with Crippen LogP contribution < -0.4 is 10.1 Å². The van der Waals surface area contributed by atoms with E-state index < -0.39 is 5.82 Å². The maximum Gasteiger partial charge on any atom is 0.175 e. The van der Waals surface area contributed by atoms with Gasteiger partial charge in [0.05, 0.1) is 12.7 Å². The summed E-state index contributed by atoms with van der Waals surface area (Å²) in [5.74, 6) is -0.603. The lowest BCUT2D eigenvalue weighted by atomic mass is 10.0.